The highest BCUT2D eigenvalue weighted by molar-refractivity contribution is 6.03. The van der Waals surface area contributed by atoms with E-state index in [-0.39, 0.29) is 24.9 Å². The molecule has 0 aromatic carbocycles. The number of nitrogens with one attached hydrogen (secondary N) is 1. The second-order valence-electron chi connectivity index (χ2n) is 5.05. The lowest BCUT2D eigenvalue weighted by molar-refractivity contribution is -0.153. The number of amides is 2. The summed E-state index contributed by atoms with van der Waals surface area (Å²) in [5.74, 6) is -0.428. The summed E-state index contributed by atoms with van der Waals surface area (Å²) >= 11 is 0. The van der Waals surface area contributed by atoms with Gasteiger partial charge in [0.05, 0.1) is 51.7 Å². The van der Waals surface area contributed by atoms with Gasteiger partial charge >= 0.3 is 0 Å². The molecule has 116 valence electrons. The summed E-state index contributed by atoms with van der Waals surface area (Å²) in [5, 5.41) is 2.90. The fourth-order valence-electron chi connectivity index (χ4n) is 1.76. The summed E-state index contributed by atoms with van der Waals surface area (Å²) in [7, 11) is 1.61. The molecule has 1 aliphatic heterocycles. The molecule has 7 heteroatoms. The lowest BCUT2D eigenvalue weighted by atomic mass is 10.0. The summed E-state index contributed by atoms with van der Waals surface area (Å²) < 4.78 is 15.4. The van der Waals surface area contributed by atoms with Crippen molar-refractivity contribution in [1.82, 2.24) is 10.2 Å². The smallest absolute Gasteiger partial charge is 0.249 e. The van der Waals surface area contributed by atoms with Gasteiger partial charge in [-0.2, -0.15) is 0 Å². The van der Waals surface area contributed by atoms with Gasteiger partial charge < -0.3 is 14.2 Å². The minimum absolute atomic E-state index is 0.179. The second kappa shape index (κ2) is 8.31. The van der Waals surface area contributed by atoms with Crippen LogP contribution in [0.15, 0.2) is 0 Å². The van der Waals surface area contributed by atoms with E-state index in [2.05, 4.69) is 5.32 Å². The van der Waals surface area contributed by atoms with E-state index in [1.54, 1.807) is 21.0 Å². The molecule has 0 aromatic rings. The summed E-state index contributed by atoms with van der Waals surface area (Å²) in [4.78, 5) is 25.0. The standard InChI is InChI=1S/C13H24N2O5/c1-13(2)12(17)15(11(16)10-14-13)4-5-19-8-9-20-7-6-18-3/h14H,4-10H2,1-3H3. The number of methoxy groups -OCH3 is 1. The van der Waals surface area contributed by atoms with Gasteiger partial charge in [0.15, 0.2) is 0 Å². The van der Waals surface area contributed by atoms with Crippen molar-refractivity contribution in [2.24, 2.45) is 0 Å². The van der Waals surface area contributed by atoms with Gasteiger partial charge in [-0.1, -0.05) is 0 Å². The van der Waals surface area contributed by atoms with Crippen molar-refractivity contribution >= 4 is 11.8 Å². The van der Waals surface area contributed by atoms with Gasteiger partial charge in [-0.3, -0.25) is 19.8 Å². The van der Waals surface area contributed by atoms with Crippen LogP contribution in [0.1, 0.15) is 13.8 Å². The van der Waals surface area contributed by atoms with Crippen LogP contribution in [0, 0.1) is 0 Å². The zero-order valence-electron chi connectivity index (χ0n) is 12.4. The van der Waals surface area contributed by atoms with Crippen LogP contribution < -0.4 is 5.32 Å². The quantitative estimate of drug-likeness (QED) is 0.451. The Balaban J connectivity index is 2.17. The molecule has 1 rings (SSSR count). The number of hydrogen-bond acceptors (Lipinski definition) is 6. The molecule has 0 aromatic heterocycles. The Morgan fingerprint density at radius 1 is 1.10 bits per heavy atom. The lowest BCUT2D eigenvalue weighted by Crippen LogP contribution is -2.64. The Morgan fingerprint density at radius 2 is 1.70 bits per heavy atom. The number of carbonyl (C=O) groups is 2. The summed E-state index contributed by atoms with van der Waals surface area (Å²) in [5.41, 5.74) is -0.697. The third-order valence-corrected chi connectivity index (χ3v) is 3.03. The minimum Gasteiger partial charge on any atom is -0.382 e. The topological polar surface area (TPSA) is 77.1 Å². The molecule has 2 amide bonds. The van der Waals surface area contributed by atoms with E-state index in [1.165, 1.54) is 4.90 Å². The molecule has 1 heterocycles. The van der Waals surface area contributed by atoms with Crippen molar-refractivity contribution in [1.29, 1.82) is 0 Å². The predicted octanol–water partition coefficient (Wildman–Crippen LogP) is -0.597. The Hall–Kier alpha value is -1.02. The van der Waals surface area contributed by atoms with Crippen LogP contribution in [0.4, 0.5) is 0 Å². The minimum atomic E-state index is -0.697. The van der Waals surface area contributed by atoms with E-state index in [9.17, 15) is 9.59 Å². The molecular weight excluding hydrogens is 264 g/mol. The molecular formula is C13H24N2O5. The van der Waals surface area contributed by atoms with Crippen molar-refractivity contribution in [3.8, 4) is 0 Å². The highest BCUT2D eigenvalue weighted by Crippen LogP contribution is 2.12. The Morgan fingerprint density at radius 3 is 2.35 bits per heavy atom. The highest BCUT2D eigenvalue weighted by Gasteiger charge is 2.39. The third-order valence-electron chi connectivity index (χ3n) is 3.03. The lowest BCUT2D eigenvalue weighted by Gasteiger charge is -2.36. The van der Waals surface area contributed by atoms with E-state index in [0.717, 1.165) is 0 Å². The first kappa shape index (κ1) is 17.0. The first-order valence-corrected chi connectivity index (χ1v) is 6.73. The van der Waals surface area contributed by atoms with Gasteiger partial charge in [-0.15, -0.1) is 0 Å². The van der Waals surface area contributed by atoms with Gasteiger partial charge in [-0.05, 0) is 13.8 Å². The zero-order chi connectivity index (χ0) is 15.0. The molecule has 0 aliphatic carbocycles. The Bertz CT molecular complexity index is 333. The number of ether oxygens (including phenoxy) is 3. The molecule has 0 spiro atoms. The molecule has 7 nitrogen and oxygen atoms in total. The SMILES string of the molecule is COCCOCCOCCN1C(=O)CNC(C)(C)C1=O. The number of nitrogens with zero attached hydrogens (tertiary/aromatic N) is 1. The van der Waals surface area contributed by atoms with E-state index in [1.807, 2.05) is 0 Å². The first-order chi connectivity index (χ1) is 9.49. The van der Waals surface area contributed by atoms with Crippen molar-refractivity contribution in [2.45, 2.75) is 19.4 Å². The molecule has 0 saturated carbocycles. The summed E-state index contributed by atoms with van der Waals surface area (Å²) in [6, 6.07) is 0. The number of piperazine rings is 1. The molecule has 1 fully saturated rings. The monoisotopic (exact) mass is 288 g/mol. The fourth-order valence-corrected chi connectivity index (χ4v) is 1.76. The first-order valence-electron chi connectivity index (χ1n) is 6.73. The van der Waals surface area contributed by atoms with Gasteiger partial charge in [-0.25, -0.2) is 0 Å². The van der Waals surface area contributed by atoms with Crippen LogP contribution in [-0.2, 0) is 23.8 Å². The average molecular weight is 288 g/mol. The number of rotatable bonds is 9. The van der Waals surface area contributed by atoms with Crippen molar-refractivity contribution < 1.29 is 23.8 Å². The van der Waals surface area contributed by atoms with Crippen LogP contribution in [0.3, 0.4) is 0 Å². The van der Waals surface area contributed by atoms with Crippen LogP contribution >= 0.6 is 0 Å². The molecule has 1 N–H and O–H groups in total. The molecule has 20 heavy (non-hydrogen) atoms. The number of imide groups is 1. The van der Waals surface area contributed by atoms with Gasteiger partial charge in [0.1, 0.15) is 0 Å². The molecule has 0 radical (unpaired) electrons. The van der Waals surface area contributed by atoms with E-state index >= 15 is 0 Å². The second-order valence-corrected chi connectivity index (χ2v) is 5.05. The molecule has 0 unspecified atom stereocenters. The maximum atomic E-state index is 12.0. The summed E-state index contributed by atoms with van der Waals surface area (Å²) in [6.45, 7) is 6.29. The van der Waals surface area contributed by atoms with Crippen molar-refractivity contribution in [3.05, 3.63) is 0 Å². The maximum absolute atomic E-state index is 12.0. The Labute approximate surface area is 119 Å². The van der Waals surface area contributed by atoms with E-state index in [0.29, 0.717) is 33.0 Å². The van der Waals surface area contributed by atoms with Gasteiger partial charge in [0.25, 0.3) is 0 Å². The average Bonchev–Trinajstić information content (AvgIpc) is 2.41. The highest BCUT2D eigenvalue weighted by atomic mass is 16.5. The van der Waals surface area contributed by atoms with Gasteiger partial charge in [0, 0.05) is 7.11 Å². The number of carbonyl (C=O) groups excluding carboxylic acids is 2. The molecule has 1 aliphatic rings. The summed E-state index contributed by atoms with van der Waals surface area (Å²) in [6.07, 6.45) is 0. The molecule has 1 saturated heterocycles. The fraction of sp³-hybridized carbons (Fsp3) is 0.846. The van der Waals surface area contributed by atoms with E-state index < -0.39 is 5.54 Å². The number of hydrogen-bond donors (Lipinski definition) is 1. The normalized spacial score (nSPS) is 18.6. The molecule has 0 atom stereocenters. The van der Waals surface area contributed by atoms with Crippen molar-refractivity contribution in [3.63, 3.8) is 0 Å². The van der Waals surface area contributed by atoms with Crippen LogP contribution in [0.5, 0.6) is 0 Å². The Kier molecular flexibility index (Phi) is 7.08. The zero-order valence-corrected chi connectivity index (χ0v) is 12.4. The van der Waals surface area contributed by atoms with Crippen LogP contribution in [0.25, 0.3) is 0 Å². The van der Waals surface area contributed by atoms with Crippen molar-refractivity contribution in [2.75, 3.05) is 53.2 Å². The van der Waals surface area contributed by atoms with Crippen LogP contribution in [0.2, 0.25) is 0 Å². The maximum Gasteiger partial charge on any atom is 0.249 e. The van der Waals surface area contributed by atoms with Crippen LogP contribution in [-0.4, -0.2) is 75.5 Å². The molecule has 0 bridgehead atoms. The predicted molar refractivity (Wildman–Crippen MR) is 72.3 cm³/mol. The third kappa shape index (κ3) is 5.16. The van der Waals surface area contributed by atoms with E-state index in [4.69, 9.17) is 14.2 Å². The van der Waals surface area contributed by atoms with Gasteiger partial charge in [0.2, 0.25) is 11.8 Å². The largest absolute Gasteiger partial charge is 0.382 e.